The summed E-state index contributed by atoms with van der Waals surface area (Å²) in [6.07, 6.45) is 4.12. The van der Waals surface area contributed by atoms with Gasteiger partial charge in [-0.25, -0.2) is 0 Å². The minimum Gasteiger partial charge on any atom is -0.322 e. The summed E-state index contributed by atoms with van der Waals surface area (Å²) >= 11 is 0. The molecule has 0 aliphatic carbocycles. The SMILES string of the molecule is Cc1ccc(NC(=O)c2ccc(=O)n(CCN3CCCC3)c2)cc1C. The number of aryl methyl sites for hydroxylation is 2. The third kappa shape index (κ3) is 4.37. The van der Waals surface area contributed by atoms with Crippen LogP contribution in [0.3, 0.4) is 0 Å². The monoisotopic (exact) mass is 339 g/mol. The maximum atomic E-state index is 12.5. The highest BCUT2D eigenvalue weighted by Crippen LogP contribution is 2.15. The number of aromatic nitrogens is 1. The second-order valence-corrected chi connectivity index (χ2v) is 6.75. The molecule has 0 bridgehead atoms. The van der Waals surface area contributed by atoms with Crippen molar-refractivity contribution in [2.45, 2.75) is 33.2 Å². The van der Waals surface area contributed by atoms with E-state index in [0.29, 0.717) is 12.1 Å². The van der Waals surface area contributed by atoms with Crippen LogP contribution in [0.15, 0.2) is 41.3 Å². The lowest BCUT2D eigenvalue weighted by molar-refractivity contribution is 0.102. The number of hydrogen-bond acceptors (Lipinski definition) is 3. The molecule has 2 aromatic rings. The molecule has 1 aromatic carbocycles. The number of hydrogen-bond donors (Lipinski definition) is 1. The Morgan fingerprint density at radius 1 is 1.04 bits per heavy atom. The molecule has 1 aliphatic heterocycles. The summed E-state index contributed by atoms with van der Waals surface area (Å²) in [5.41, 5.74) is 3.52. The Kier molecular flexibility index (Phi) is 5.34. The Bertz CT molecular complexity index is 820. The molecule has 3 rings (SSSR count). The summed E-state index contributed by atoms with van der Waals surface area (Å²) in [4.78, 5) is 26.9. The summed E-state index contributed by atoms with van der Waals surface area (Å²) in [5.74, 6) is -0.196. The van der Waals surface area contributed by atoms with Gasteiger partial charge in [0.2, 0.25) is 0 Å². The lowest BCUT2D eigenvalue weighted by atomic mass is 10.1. The number of nitrogens with zero attached hydrogens (tertiary/aromatic N) is 2. The van der Waals surface area contributed by atoms with Gasteiger partial charge in [-0.15, -0.1) is 0 Å². The van der Waals surface area contributed by atoms with E-state index < -0.39 is 0 Å². The molecule has 5 heteroatoms. The first-order chi connectivity index (χ1) is 12.0. The fourth-order valence-corrected chi connectivity index (χ4v) is 3.12. The summed E-state index contributed by atoms with van der Waals surface area (Å²) in [7, 11) is 0. The smallest absolute Gasteiger partial charge is 0.257 e. The van der Waals surface area contributed by atoms with Gasteiger partial charge in [0.15, 0.2) is 0 Å². The maximum absolute atomic E-state index is 12.5. The minimum absolute atomic E-state index is 0.0677. The van der Waals surface area contributed by atoms with E-state index in [0.717, 1.165) is 30.9 Å². The maximum Gasteiger partial charge on any atom is 0.257 e. The van der Waals surface area contributed by atoms with Crippen molar-refractivity contribution < 1.29 is 4.79 Å². The summed E-state index contributed by atoms with van der Waals surface area (Å²) < 4.78 is 1.63. The van der Waals surface area contributed by atoms with E-state index in [1.54, 1.807) is 16.8 Å². The molecule has 1 N–H and O–H groups in total. The number of carbonyl (C=O) groups is 1. The molecule has 0 unspecified atom stereocenters. The predicted octanol–water partition coefficient (Wildman–Crippen LogP) is 2.81. The van der Waals surface area contributed by atoms with Crippen LogP contribution in [0.2, 0.25) is 0 Å². The summed E-state index contributed by atoms with van der Waals surface area (Å²) in [6.45, 7) is 7.72. The van der Waals surface area contributed by atoms with Gasteiger partial charge < -0.3 is 14.8 Å². The lowest BCUT2D eigenvalue weighted by Gasteiger charge is -2.16. The highest BCUT2D eigenvalue weighted by Gasteiger charge is 2.12. The fraction of sp³-hybridized carbons (Fsp3) is 0.400. The Morgan fingerprint density at radius 3 is 2.52 bits per heavy atom. The Labute approximate surface area is 148 Å². The van der Waals surface area contributed by atoms with Crippen molar-refractivity contribution in [1.82, 2.24) is 9.47 Å². The van der Waals surface area contributed by atoms with Crippen LogP contribution < -0.4 is 10.9 Å². The lowest BCUT2D eigenvalue weighted by Crippen LogP contribution is -2.29. The van der Waals surface area contributed by atoms with Crippen LogP contribution in [0.1, 0.15) is 34.3 Å². The largest absolute Gasteiger partial charge is 0.322 e. The van der Waals surface area contributed by atoms with Gasteiger partial charge >= 0.3 is 0 Å². The van der Waals surface area contributed by atoms with Crippen LogP contribution in [0.25, 0.3) is 0 Å². The molecule has 1 aliphatic rings. The topological polar surface area (TPSA) is 54.3 Å². The molecule has 0 spiro atoms. The third-order valence-corrected chi connectivity index (χ3v) is 4.87. The van der Waals surface area contributed by atoms with Crippen molar-refractivity contribution in [3.63, 3.8) is 0 Å². The zero-order chi connectivity index (χ0) is 17.8. The van der Waals surface area contributed by atoms with Gasteiger partial charge in [-0.3, -0.25) is 9.59 Å². The quantitative estimate of drug-likeness (QED) is 0.911. The molecule has 1 amide bonds. The first-order valence-electron chi connectivity index (χ1n) is 8.84. The predicted molar refractivity (Wildman–Crippen MR) is 100 cm³/mol. The molecule has 5 nitrogen and oxygen atoms in total. The molecule has 1 aromatic heterocycles. The number of nitrogens with one attached hydrogen (secondary N) is 1. The zero-order valence-electron chi connectivity index (χ0n) is 14.9. The number of carbonyl (C=O) groups excluding carboxylic acids is 1. The van der Waals surface area contributed by atoms with Gasteiger partial charge in [0.1, 0.15) is 0 Å². The van der Waals surface area contributed by atoms with Crippen molar-refractivity contribution >= 4 is 11.6 Å². The standard InChI is InChI=1S/C20H25N3O2/c1-15-5-7-18(13-16(15)2)21-20(25)17-6-8-19(24)23(14-17)12-11-22-9-3-4-10-22/h5-8,13-14H,3-4,9-12H2,1-2H3,(H,21,25). The number of anilines is 1. The van der Waals surface area contributed by atoms with Crippen LogP contribution in [-0.2, 0) is 6.54 Å². The molecule has 2 heterocycles. The van der Waals surface area contributed by atoms with Crippen LogP contribution in [0, 0.1) is 13.8 Å². The highest BCUT2D eigenvalue weighted by atomic mass is 16.2. The average Bonchev–Trinajstić information content (AvgIpc) is 3.11. The van der Waals surface area contributed by atoms with E-state index in [4.69, 9.17) is 0 Å². The Hall–Kier alpha value is -2.40. The van der Waals surface area contributed by atoms with Crippen LogP contribution in [0.4, 0.5) is 5.69 Å². The van der Waals surface area contributed by atoms with Crippen molar-refractivity contribution in [2.24, 2.45) is 0 Å². The van der Waals surface area contributed by atoms with Gasteiger partial charge in [-0.05, 0) is 69.1 Å². The van der Waals surface area contributed by atoms with Crippen molar-refractivity contribution in [1.29, 1.82) is 0 Å². The average molecular weight is 339 g/mol. The van der Waals surface area contributed by atoms with E-state index in [-0.39, 0.29) is 11.5 Å². The summed E-state index contributed by atoms with van der Waals surface area (Å²) in [5, 5.41) is 2.91. The van der Waals surface area contributed by atoms with Crippen LogP contribution in [0.5, 0.6) is 0 Å². The Balaban J connectivity index is 1.70. The molecular weight excluding hydrogens is 314 g/mol. The molecule has 0 radical (unpaired) electrons. The van der Waals surface area contributed by atoms with E-state index in [2.05, 4.69) is 10.2 Å². The normalized spacial score (nSPS) is 14.6. The Morgan fingerprint density at radius 2 is 1.80 bits per heavy atom. The molecule has 0 saturated carbocycles. The second-order valence-electron chi connectivity index (χ2n) is 6.75. The number of benzene rings is 1. The zero-order valence-corrected chi connectivity index (χ0v) is 14.9. The van der Waals surface area contributed by atoms with Gasteiger partial charge in [0.05, 0.1) is 5.56 Å². The third-order valence-electron chi connectivity index (χ3n) is 4.87. The van der Waals surface area contributed by atoms with Gasteiger partial charge in [-0.2, -0.15) is 0 Å². The van der Waals surface area contributed by atoms with E-state index in [9.17, 15) is 9.59 Å². The van der Waals surface area contributed by atoms with Crippen LogP contribution in [-0.4, -0.2) is 35.0 Å². The summed E-state index contributed by atoms with van der Waals surface area (Å²) in [6, 6.07) is 8.90. The molecule has 1 saturated heterocycles. The number of rotatable bonds is 5. The molecule has 0 atom stereocenters. The van der Waals surface area contributed by atoms with E-state index in [1.165, 1.54) is 24.5 Å². The van der Waals surface area contributed by atoms with E-state index in [1.807, 2.05) is 32.0 Å². The van der Waals surface area contributed by atoms with Crippen molar-refractivity contribution in [2.75, 3.05) is 25.0 Å². The fourth-order valence-electron chi connectivity index (χ4n) is 3.12. The number of likely N-dealkylation sites (tertiary alicyclic amines) is 1. The van der Waals surface area contributed by atoms with Crippen LogP contribution >= 0.6 is 0 Å². The molecule has 132 valence electrons. The molecule has 25 heavy (non-hydrogen) atoms. The van der Waals surface area contributed by atoms with E-state index >= 15 is 0 Å². The highest BCUT2D eigenvalue weighted by molar-refractivity contribution is 6.04. The van der Waals surface area contributed by atoms with Gasteiger partial charge in [-0.1, -0.05) is 6.07 Å². The number of pyridine rings is 1. The van der Waals surface area contributed by atoms with Crippen molar-refractivity contribution in [3.05, 3.63) is 63.6 Å². The van der Waals surface area contributed by atoms with Gasteiger partial charge in [0.25, 0.3) is 11.5 Å². The minimum atomic E-state index is -0.196. The van der Waals surface area contributed by atoms with Crippen molar-refractivity contribution in [3.8, 4) is 0 Å². The molecular formula is C20H25N3O2. The second kappa shape index (κ2) is 7.66. The number of amides is 1. The first kappa shape index (κ1) is 17.4. The molecule has 1 fully saturated rings. The van der Waals surface area contributed by atoms with Gasteiger partial charge in [0, 0.05) is 31.0 Å². The first-order valence-corrected chi connectivity index (χ1v) is 8.84.